The highest BCUT2D eigenvalue weighted by atomic mass is 19.4. The summed E-state index contributed by atoms with van der Waals surface area (Å²) >= 11 is 0. The van der Waals surface area contributed by atoms with Gasteiger partial charge in [0.2, 0.25) is 0 Å². The molecule has 1 N–H and O–H groups in total. The van der Waals surface area contributed by atoms with E-state index in [1.165, 1.54) is 0 Å². The Morgan fingerprint density at radius 1 is 1.47 bits per heavy atom. The number of aliphatic hydroxyl groups excluding tert-OH is 1. The Morgan fingerprint density at radius 2 is 2.05 bits per heavy atom. The lowest BCUT2D eigenvalue weighted by Gasteiger charge is -2.14. The lowest BCUT2D eigenvalue weighted by atomic mass is 10.1. The smallest absolute Gasteiger partial charge is 0.404 e. The third-order valence-electron chi connectivity index (χ3n) is 1.92. The van der Waals surface area contributed by atoms with Crippen LogP contribution in [0, 0.1) is 10.1 Å². The van der Waals surface area contributed by atoms with Gasteiger partial charge in [0.15, 0.2) is 11.9 Å². The first-order chi connectivity index (χ1) is 8.67. The summed E-state index contributed by atoms with van der Waals surface area (Å²) < 4.78 is 64.6. The molecule has 1 heterocycles. The predicted octanol–water partition coefficient (Wildman–Crippen LogP) is 2.32. The number of hydrogen-bond acceptors (Lipinski definition) is 5. The molecule has 0 bridgehead atoms. The van der Waals surface area contributed by atoms with E-state index in [2.05, 4.69) is 9.72 Å². The van der Waals surface area contributed by atoms with E-state index in [9.17, 15) is 32.1 Å². The van der Waals surface area contributed by atoms with Gasteiger partial charge in [0, 0.05) is 0 Å². The van der Waals surface area contributed by atoms with Crippen LogP contribution in [0.1, 0.15) is 17.6 Å². The second kappa shape index (κ2) is 5.30. The topological polar surface area (TPSA) is 85.5 Å². The largest absolute Gasteiger partial charge is 0.573 e. The van der Waals surface area contributed by atoms with E-state index in [0.29, 0.717) is 0 Å². The molecule has 0 radical (unpaired) electrons. The van der Waals surface area contributed by atoms with Gasteiger partial charge in [0.05, 0.1) is 6.61 Å². The molecule has 1 aromatic rings. The molecule has 0 aliphatic carbocycles. The van der Waals surface area contributed by atoms with Crippen LogP contribution in [0.25, 0.3) is 0 Å². The molecule has 0 saturated carbocycles. The molecule has 6 nitrogen and oxygen atoms in total. The Hall–Kier alpha value is -2.04. The number of nitro groups is 1. The van der Waals surface area contributed by atoms with Crippen LogP contribution in [0.15, 0.2) is 6.20 Å². The van der Waals surface area contributed by atoms with Crippen molar-refractivity contribution in [3.8, 4) is 5.75 Å². The van der Waals surface area contributed by atoms with Crippen LogP contribution in [0.2, 0.25) is 0 Å². The van der Waals surface area contributed by atoms with Gasteiger partial charge >= 0.3 is 12.2 Å². The molecule has 1 aromatic heterocycles. The average Bonchev–Trinajstić information content (AvgIpc) is 2.25. The van der Waals surface area contributed by atoms with E-state index < -0.39 is 47.0 Å². The Kier molecular flexibility index (Phi) is 4.19. The van der Waals surface area contributed by atoms with Gasteiger partial charge in [-0.05, 0) is 9.91 Å². The van der Waals surface area contributed by atoms with Crippen molar-refractivity contribution >= 4 is 5.82 Å². The molecule has 19 heavy (non-hydrogen) atoms. The maximum absolute atomic E-state index is 12.5. The first-order valence-electron chi connectivity index (χ1n) is 4.48. The van der Waals surface area contributed by atoms with Crippen molar-refractivity contribution < 1.29 is 36.7 Å². The molecule has 0 aromatic carbocycles. The molecule has 0 aliphatic heterocycles. The van der Waals surface area contributed by atoms with E-state index in [1.807, 2.05) is 0 Å². The summed E-state index contributed by atoms with van der Waals surface area (Å²) in [4.78, 5) is 12.2. The summed E-state index contributed by atoms with van der Waals surface area (Å²) in [6, 6.07) is 0. The van der Waals surface area contributed by atoms with Crippen LogP contribution >= 0.6 is 0 Å². The minimum Gasteiger partial charge on any atom is -0.404 e. The zero-order valence-corrected chi connectivity index (χ0v) is 8.82. The van der Waals surface area contributed by atoms with E-state index in [4.69, 9.17) is 5.11 Å². The zero-order valence-electron chi connectivity index (χ0n) is 8.82. The summed E-state index contributed by atoms with van der Waals surface area (Å²) in [6.07, 6.45) is -8.55. The zero-order chi connectivity index (χ0) is 14.8. The van der Waals surface area contributed by atoms with Gasteiger partial charge in [-0.2, -0.15) is 0 Å². The van der Waals surface area contributed by atoms with Crippen LogP contribution in [0.3, 0.4) is 0 Å². The number of rotatable bonds is 4. The third kappa shape index (κ3) is 3.47. The Balaban J connectivity index is 3.50. The number of aliphatic hydroxyl groups is 1. The number of alkyl halides is 5. The van der Waals surface area contributed by atoms with Gasteiger partial charge < -0.3 is 20.0 Å². The molecule has 0 aliphatic rings. The quantitative estimate of drug-likeness (QED) is 0.522. The van der Waals surface area contributed by atoms with E-state index in [1.54, 1.807) is 0 Å². The lowest BCUT2D eigenvalue weighted by molar-refractivity contribution is -0.390. The number of halogens is 5. The number of aromatic nitrogens is 1. The molecule has 0 spiro atoms. The summed E-state index contributed by atoms with van der Waals surface area (Å²) in [5.74, 6) is -2.70. The summed E-state index contributed by atoms with van der Waals surface area (Å²) in [5.41, 5.74) is -2.37. The fourth-order valence-corrected chi connectivity index (χ4v) is 1.23. The minimum atomic E-state index is -5.34. The van der Waals surface area contributed by atoms with Crippen molar-refractivity contribution in [1.29, 1.82) is 0 Å². The van der Waals surface area contributed by atoms with Gasteiger partial charge in [0.25, 0.3) is 6.43 Å². The van der Waals surface area contributed by atoms with Crippen molar-refractivity contribution in [1.82, 2.24) is 4.98 Å². The molecule has 0 unspecified atom stereocenters. The third-order valence-corrected chi connectivity index (χ3v) is 1.92. The van der Waals surface area contributed by atoms with Crippen molar-refractivity contribution in [2.45, 2.75) is 19.4 Å². The van der Waals surface area contributed by atoms with Gasteiger partial charge in [-0.25, -0.2) is 8.78 Å². The fraction of sp³-hybridized carbons (Fsp3) is 0.375. The SMILES string of the molecule is O=[N+]([O-])c1ncc(C(F)F)c(OC(F)(F)F)c1CO. The van der Waals surface area contributed by atoms with E-state index in [-0.39, 0.29) is 6.20 Å². The minimum absolute atomic E-state index is 0.197. The normalized spacial score (nSPS) is 11.7. The summed E-state index contributed by atoms with van der Waals surface area (Å²) in [6.45, 7) is -1.31. The maximum atomic E-state index is 12.5. The maximum Gasteiger partial charge on any atom is 0.573 e. The molecule has 0 amide bonds. The first-order valence-corrected chi connectivity index (χ1v) is 4.48. The van der Waals surface area contributed by atoms with Crippen LogP contribution in [0.4, 0.5) is 27.8 Å². The number of pyridine rings is 1. The molecule has 0 saturated heterocycles. The predicted molar refractivity (Wildman–Crippen MR) is 48.5 cm³/mol. The average molecular weight is 288 g/mol. The van der Waals surface area contributed by atoms with Crippen LogP contribution < -0.4 is 4.74 Å². The Bertz CT molecular complexity index is 491. The van der Waals surface area contributed by atoms with Gasteiger partial charge in [-0.15, -0.1) is 13.2 Å². The highest BCUT2D eigenvalue weighted by Gasteiger charge is 2.37. The van der Waals surface area contributed by atoms with Gasteiger partial charge in [0.1, 0.15) is 11.1 Å². The number of ether oxygens (including phenoxy) is 1. The Morgan fingerprint density at radius 3 is 2.42 bits per heavy atom. The fourth-order valence-electron chi connectivity index (χ4n) is 1.23. The second-order valence-electron chi connectivity index (χ2n) is 3.11. The highest BCUT2D eigenvalue weighted by molar-refractivity contribution is 5.49. The van der Waals surface area contributed by atoms with Crippen LogP contribution in [-0.2, 0) is 6.61 Å². The van der Waals surface area contributed by atoms with Crippen molar-refractivity contribution in [2.24, 2.45) is 0 Å². The van der Waals surface area contributed by atoms with Crippen molar-refractivity contribution in [3.63, 3.8) is 0 Å². The molecule has 0 atom stereocenters. The second-order valence-corrected chi connectivity index (χ2v) is 3.11. The molecular formula is C8H5F5N2O4. The van der Waals surface area contributed by atoms with Gasteiger partial charge in [-0.1, -0.05) is 0 Å². The van der Waals surface area contributed by atoms with Crippen LogP contribution in [-0.4, -0.2) is 21.4 Å². The first kappa shape index (κ1) is 15.0. The monoisotopic (exact) mass is 288 g/mol. The summed E-state index contributed by atoms with van der Waals surface area (Å²) in [5, 5.41) is 19.3. The van der Waals surface area contributed by atoms with E-state index in [0.717, 1.165) is 0 Å². The molecular weight excluding hydrogens is 283 g/mol. The van der Waals surface area contributed by atoms with Crippen LogP contribution in [0.5, 0.6) is 5.75 Å². The Labute approximate surface area is 101 Å². The molecule has 11 heteroatoms. The standard InChI is InChI=1S/C8H5F5N2O4/c9-6(10)3-1-14-7(15(17)18)4(2-16)5(3)19-8(11,12)13/h1,6,16H,2H2. The molecule has 0 fully saturated rings. The van der Waals surface area contributed by atoms with Gasteiger partial charge in [-0.3, -0.25) is 0 Å². The highest BCUT2D eigenvalue weighted by Crippen LogP contribution is 2.38. The van der Waals surface area contributed by atoms with E-state index >= 15 is 0 Å². The lowest BCUT2D eigenvalue weighted by Crippen LogP contribution is -2.20. The number of nitrogens with zero attached hydrogens (tertiary/aromatic N) is 2. The van der Waals surface area contributed by atoms with Crippen molar-refractivity contribution in [3.05, 3.63) is 27.4 Å². The summed E-state index contributed by atoms with van der Waals surface area (Å²) in [7, 11) is 0. The molecule has 1 rings (SSSR count). The number of hydrogen-bond donors (Lipinski definition) is 1. The van der Waals surface area contributed by atoms with Crippen molar-refractivity contribution in [2.75, 3.05) is 0 Å². The molecule has 106 valence electrons.